The van der Waals surface area contributed by atoms with Gasteiger partial charge in [0, 0.05) is 19.3 Å². The molecular weight excluding hydrogens is 793 g/mol. The zero-order chi connectivity index (χ0) is 46.5. The van der Waals surface area contributed by atoms with Crippen molar-refractivity contribution in [3.63, 3.8) is 0 Å². The predicted molar refractivity (Wildman–Crippen MR) is 274 cm³/mol. The normalized spacial score (nSPS) is 12.7. The van der Waals surface area contributed by atoms with E-state index >= 15 is 0 Å². The van der Waals surface area contributed by atoms with Crippen LogP contribution in [-0.2, 0) is 28.6 Å². The van der Waals surface area contributed by atoms with E-state index in [-0.39, 0.29) is 37.5 Å². The van der Waals surface area contributed by atoms with E-state index in [1.165, 1.54) is 122 Å². The summed E-state index contributed by atoms with van der Waals surface area (Å²) in [5.41, 5.74) is 0. The average Bonchev–Trinajstić information content (AvgIpc) is 3.29. The molecule has 6 nitrogen and oxygen atoms in total. The first-order valence-corrected chi connectivity index (χ1v) is 26.6. The molecule has 0 saturated heterocycles. The summed E-state index contributed by atoms with van der Waals surface area (Å²) in [7, 11) is 0. The van der Waals surface area contributed by atoms with Gasteiger partial charge in [0.2, 0.25) is 0 Å². The topological polar surface area (TPSA) is 78.9 Å². The maximum atomic E-state index is 12.8. The van der Waals surface area contributed by atoms with Gasteiger partial charge in [0.1, 0.15) is 13.2 Å². The highest BCUT2D eigenvalue weighted by atomic mass is 16.6. The third-order valence-corrected chi connectivity index (χ3v) is 11.2. The highest BCUT2D eigenvalue weighted by Crippen LogP contribution is 2.14. The lowest BCUT2D eigenvalue weighted by atomic mass is 10.1. The van der Waals surface area contributed by atoms with Crippen molar-refractivity contribution in [3.8, 4) is 0 Å². The van der Waals surface area contributed by atoms with Crippen LogP contribution in [0.15, 0.2) is 85.1 Å². The number of hydrogen-bond donors (Lipinski definition) is 0. The number of esters is 3. The molecular formula is C58H98O6. The number of rotatable bonds is 47. The molecule has 0 N–H and O–H groups in total. The van der Waals surface area contributed by atoms with Gasteiger partial charge in [-0.25, -0.2) is 0 Å². The lowest BCUT2D eigenvalue weighted by Gasteiger charge is -2.18. The van der Waals surface area contributed by atoms with Crippen molar-refractivity contribution < 1.29 is 28.6 Å². The Bertz CT molecular complexity index is 1250. The highest BCUT2D eigenvalue weighted by molar-refractivity contribution is 5.71. The molecule has 0 heterocycles. The van der Waals surface area contributed by atoms with Crippen molar-refractivity contribution in [1.29, 1.82) is 0 Å². The molecule has 6 heteroatoms. The molecule has 0 spiro atoms. The number of ether oxygens (including phenoxy) is 3. The van der Waals surface area contributed by atoms with Gasteiger partial charge in [-0.3, -0.25) is 14.4 Å². The molecule has 0 bridgehead atoms. The van der Waals surface area contributed by atoms with E-state index in [9.17, 15) is 14.4 Å². The maximum Gasteiger partial charge on any atom is 0.306 e. The summed E-state index contributed by atoms with van der Waals surface area (Å²) in [6.45, 7) is 6.50. The quantitative estimate of drug-likeness (QED) is 0.0199. The van der Waals surface area contributed by atoms with Gasteiger partial charge in [0.05, 0.1) is 0 Å². The van der Waals surface area contributed by atoms with E-state index in [4.69, 9.17) is 14.2 Å². The molecule has 366 valence electrons. The molecule has 0 aromatic carbocycles. The number of carbonyl (C=O) groups excluding carboxylic acids is 3. The summed E-state index contributed by atoms with van der Waals surface area (Å²) in [6.07, 6.45) is 67.1. The standard InChI is InChI=1S/C58H98O6/c1-4-7-10-13-16-19-22-25-27-28-29-31-33-36-39-42-45-48-51-57(60)63-54-55(53-62-56(59)50-47-44-41-38-35-32-24-21-18-15-12-9-6-3)64-58(61)52-49-46-43-40-37-34-30-26-23-20-17-14-11-8-5-2/h16,19-20,22-23,25,27-29,31-32,35,41,44,55H,4-15,17-18,21,24,26,30,33-34,36-40,42-43,45-54H2,1-3H3/b19-16-,23-20-,25-22-,28-27-,31-29-,35-32-,44-41-. The summed E-state index contributed by atoms with van der Waals surface area (Å²) in [5, 5.41) is 0. The first-order chi connectivity index (χ1) is 31.5. The molecule has 0 aromatic rings. The zero-order valence-corrected chi connectivity index (χ0v) is 41.8. The minimum Gasteiger partial charge on any atom is -0.462 e. The zero-order valence-electron chi connectivity index (χ0n) is 41.8. The smallest absolute Gasteiger partial charge is 0.306 e. The van der Waals surface area contributed by atoms with Gasteiger partial charge in [-0.05, 0) is 89.9 Å². The van der Waals surface area contributed by atoms with E-state index in [0.717, 1.165) is 77.0 Å². The molecule has 1 unspecified atom stereocenters. The third kappa shape index (κ3) is 49.6. The molecule has 0 aliphatic heterocycles. The Balaban J connectivity index is 4.50. The predicted octanol–water partition coefficient (Wildman–Crippen LogP) is 17.6. The van der Waals surface area contributed by atoms with Gasteiger partial charge >= 0.3 is 17.9 Å². The van der Waals surface area contributed by atoms with Crippen LogP contribution in [0.2, 0.25) is 0 Å². The van der Waals surface area contributed by atoms with Crippen molar-refractivity contribution in [1.82, 2.24) is 0 Å². The second kappa shape index (κ2) is 52.2. The Kier molecular flexibility index (Phi) is 49.4. The fourth-order valence-electron chi connectivity index (χ4n) is 7.15. The van der Waals surface area contributed by atoms with Gasteiger partial charge in [0.25, 0.3) is 0 Å². The largest absolute Gasteiger partial charge is 0.462 e. The fourth-order valence-corrected chi connectivity index (χ4v) is 7.15. The van der Waals surface area contributed by atoms with Crippen LogP contribution in [0.3, 0.4) is 0 Å². The Hall–Kier alpha value is -3.41. The molecule has 0 aliphatic rings. The van der Waals surface area contributed by atoms with Crippen LogP contribution in [-0.4, -0.2) is 37.2 Å². The monoisotopic (exact) mass is 891 g/mol. The van der Waals surface area contributed by atoms with Crippen molar-refractivity contribution in [2.45, 2.75) is 252 Å². The molecule has 64 heavy (non-hydrogen) atoms. The summed E-state index contributed by atoms with van der Waals surface area (Å²) >= 11 is 0. The lowest BCUT2D eigenvalue weighted by Crippen LogP contribution is -2.30. The Morgan fingerprint density at radius 1 is 0.328 bits per heavy atom. The molecule has 0 aliphatic carbocycles. The maximum absolute atomic E-state index is 12.8. The van der Waals surface area contributed by atoms with Gasteiger partial charge < -0.3 is 14.2 Å². The number of allylic oxidation sites excluding steroid dienone is 14. The molecule has 0 radical (unpaired) electrons. The number of hydrogen-bond acceptors (Lipinski definition) is 6. The molecule has 0 rings (SSSR count). The van der Waals surface area contributed by atoms with Gasteiger partial charge in [-0.2, -0.15) is 0 Å². The SMILES string of the molecule is CCCCC\C=C/C=C\C=C/C=C\CCCCCCCC(=O)OCC(COC(=O)CC/C=C\C/C=C\CCCCCCCC)OC(=O)CCCCCCCCC/C=C\CCCCCC. The van der Waals surface area contributed by atoms with Crippen LogP contribution < -0.4 is 0 Å². The van der Waals surface area contributed by atoms with E-state index in [2.05, 4.69) is 99.8 Å². The Labute approximate surface area is 395 Å². The van der Waals surface area contributed by atoms with Crippen LogP contribution in [0.5, 0.6) is 0 Å². The lowest BCUT2D eigenvalue weighted by molar-refractivity contribution is -0.166. The molecule has 0 fully saturated rings. The molecule has 1 atom stereocenters. The first-order valence-electron chi connectivity index (χ1n) is 26.6. The van der Waals surface area contributed by atoms with Gasteiger partial charge in [-0.1, -0.05) is 221 Å². The third-order valence-electron chi connectivity index (χ3n) is 11.2. The van der Waals surface area contributed by atoms with E-state index in [1.807, 2.05) is 6.08 Å². The first kappa shape index (κ1) is 60.6. The Morgan fingerprint density at radius 2 is 0.656 bits per heavy atom. The second-order valence-electron chi connectivity index (χ2n) is 17.5. The summed E-state index contributed by atoms with van der Waals surface area (Å²) in [5.74, 6) is -1.00. The Morgan fingerprint density at radius 3 is 1.16 bits per heavy atom. The van der Waals surface area contributed by atoms with Crippen molar-refractivity contribution in [3.05, 3.63) is 85.1 Å². The van der Waals surface area contributed by atoms with Gasteiger partial charge in [0.15, 0.2) is 6.10 Å². The molecule has 0 aromatic heterocycles. The average molecular weight is 891 g/mol. The van der Waals surface area contributed by atoms with E-state index in [1.54, 1.807) is 0 Å². The second-order valence-corrected chi connectivity index (χ2v) is 17.5. The number of carbonyl (C=O) groups is 3. The fraction of sp³-hybridized carbons (Fsp3) is 0.707. The van der Waals surface area contributed by atoms with Crippen molar-refractivity contribution in [2.75, 3.05) is 13.2 Å². The van der Waals surface area contributed by atoms with Crippen LogP contribution in [0, 0.1) is 0 Å². The van der Waals surface area contributed by atoms with Crippen LogP contribution in [0.4, 0.5) is 0 Å². The summed E-state index contributed by atoms with van der Waals surface area (Å²) in [6, 6.07) is 0. The van der Waals surface area contributed by atoms with E-state index < -0.39 is 6.10 Å². The summed E-state index contributed by atoms with van der Waals surface area (Å²) in [4.78, 5) is 38.0. The number of unbranched alkanes of at least 4 members (excludes halogenated alkanes) is 25. The summed E-state index contributed by atoms with van der Waals surface area (Å²) < 4.78 is 16.7. The minimum absolute atomic E-state index is 0.108. The highest BCUT2D eigenvalue weighted by Gasteiger charge is 2.19. The minimum atomic E-state index is -0.811. The van der Waals surface area contributed by atoms with E-state index in [0.29, 0.717) is 19.3 Å². The van der Waals surface area contributed by atoms with Crippen LogP contribution in [0.25, 0.3) is 0 Å². The van der Waals surface area contributed by atoms with Crippen LogP contribution in [0.1, 0.15) is 245 Å². The van der Waals surface area contributed by atoms with Crippen LogP contribution >= 0.6 is 0 Å². The van der Waals surface area contributed by atoms with Gasteiger partial charge in [-0.15, -0.1) is 0 Å². The van der Waals surface area contributed by atoms with Crippen molar-refractivity contribution in [2.24, 2.45) is 0 Å². The van der Waals surface area contributed by atoms with Crippen molar-refractivity contribution >= 4 is 17.9 Å². The molecule has 0 saturated carbocycles. The molecule has 0 amide bonds.